The number of pyridine rings is 1. The van der Waals surface area contributed by atoms with E-state index in [1.807, 2.05) is 36.4 Å². The molecule has 64 valence electrons. The van der Waals surface area contributed by atoms with Gasteiger partial charge < -0.3 is 0 Å². The first-order chi connectivity index (χ1) is 6.45. The highest BCUT2D eigenvalue weighted by molar-refractivity contribution is 5.98. The van der Waals surface area contributed by atoms with Crippen molar-refractivity contribution in [3.8, 4) is 0 Å². The number of aliphatic imine (C=N–C) groups is 1. The number of allylic oxidation sites excluding steroid dienone is 4. The molecule has 0 N–H and O–H groups in total. The third-order valence-electron chi connectivity index (χ3n) is 1.77. The maximum atomic E-state index is 4.39. The summed E-state index contributed by atoms with van der Waals surface area (Å²) in [6, 6.07) is 5.73. The van der Waals surface area contributed by atoms with Crippen LogP contribution in [0.4, 0.5) is 5.82 Å². The SMILES string of the molecule is C1=CC/C(=N/c2ccccn2)C=C1. The summed E-state index contributed by atoms with van der Waals surface area (Å²) in [5, 5.41) is 0. The zero-order valence-electron chi connectivity index (χ0n) is 7.22. The predicted octanol–water partition coefficient (Wildman–Crippen LogP) is 2.67. The Balaban J connectivity index is 2.21. The molecule has 0 unspecified atom stereocenters. The highest BCUT2D eigenvalue weighted by Crippen LogP contribution is 2.09. The van der Waals surface area contributed by atoms with E-state index in [4.69, 9.17) is 0 Å². The van der Waals surface area contributed by atoms with Gasteiger partial charge in [0.2, 0.25) is 0 Å². The summed E-state index contributed by atoms with van der Waals surface area (Å²) in [6.07, 6.45) is 10.8. The quantitative estimate of drug-likeness (QED) is 0.636. The van der Waals surface area contributed by atoms with Gasteiger partial charge in [0, 0.05) is 18.3 Å². The Kier molecular flexibility index (Phi) is 2.32. The second kappa shape index (κ2) is 3.81. The summed E-state index contributed by atoms with van der Waals surface area (Å²) >= 11 is 0. The lowest BCUT2D eigenvalue weighted by atomic mass is 10.1. The van der Waals surface area contributed by atoms with Crippen molar-refractivity contribution < 1.29 is 0 Å². The molecule has 0 aliphatic heterocycles. The number of aromatic nitrogens is 1. The molecule has 1 aromatic rings. The summed E-state index contributed by atoms with van der Waals surface area (Å²) in [4.78, 5) is 8.51. The van der Waals surface area contributed by atoms with Gasteiger partial charge in [0.1, 0.15) is 0 Å². The molecule has 1 heterocycles. The zero-order valence-corrected chi connectivity index (χ0v) is 7.22. The van der Waals surface area contributed by atoms with E-state index < -0.39 is 0 Å². The highest BCUT2D eigenvalue weighted by Gasteiger charge is 1.95. The normalized spacial score (nSPS) is 18.0. The summed E-state index contributed by atoms with van der Waals surface area (Å²) in [7, 11) is 0. The third kappa shape index (κ3) is 2.12. The first-order valence-corrected chi connectivity index (χ1v) is 4.27. The molecule has 2 rings (SSSR count). The van der Waals surface area contributed by atoms with Crippen molar-refractivity contribution in [3.05, 3.63) is 48.7 Å². The lowest BCUT2D eigenvalue weighted by Crippen LogP contribution is -1.93. The smallest absolute Gasteiger partial charge is 0.152 e. The molecule has 2 nitrogen and oxygen atoms in total. The number of hydrogen-bond acceptors (Lipinski definition) is 2. The first kappa shape index (κ1) is 7.92. The van der Waals surface area contributed by atoms with Crippen LogP contribution in [0.15, 0.2) is 53.7 Å². The van der Waals surface area contributed by atoms with Crippen molar-refractivity contribution in [2.24, 2.45) is 4.99 Å². The summed E-state index contributed by atoms with van der Waals surface area (Å²) in [6.45, 7) is 0. The van der Waals surface area contributed by atoms with Gasteiger partial charge in [0.15, 0.2) is 5.82 Å². The molecule has 1 aliphatic carbocycles. The average molecular weight is 170 g/mol. The second-order valence-corrected chi connectivity index (χ2v) is 2.78. The van der Waals surface area contributed by atoms with Crippen molar-refractivity contribution in [2.45, 2.75) is 6.42 Å². The maximum absolute atomic E-state index is 4.39. The molecule has 0 amide bonds. The van der Waals surface area contributed by atoms with Crippen LogP contribution in [0.25, 0.3) is 0 Å². The van der Waals surface area contributed by atoms with E-state index in [9.17, 15) is 0 Å². The number of hydrogen-bond donors (Lipinski definition) is 0. The molecular formula is C11H10N2. The highest BCUT2D eigenvalue weighted by atomic mass is 14.9. The third-order valence-corrected chi connectivity index (χ3v) is 1.77. The van der Waals surface area contributed by atoms with Crippen molar-refractivity contribution in [1.82, 2.24) is 4.98 Å². The van der Waals surface area contributed by atoms with Crippen LogP contribution in [0.1, 0.15) is 6.42 Å². The van der Waals surface area contributed by atoms with Crippen LogP contribution in [0.2, 0.25) is 0 Å². The molecular weight excluding hydrogens is 160 g/mol. The summed E-state index contributed by atoms with van der Waals surface area (Å²) in [5.74, 6) is 0.775. The van der Waals surface area contributed by atoms with E-state index in [-0.39, 0.29) is 0 Å². The monoisotopic (exact) mass is 170 g/mol. The molecule has 1 aliphatic rings. The van der Waals surface area contributed by atoms with Gasteiger partial charge in [-0.05, 0) is 18.2 Å². The van der Waals surface area contributed by atoms with Gasteiger partial charge in [-0.2, -0.15) is 0 Å². The molecule has 2 heteroatoms. The summed E-state index contributed by atoms with van der Waals surface area (Å²) < 4.78 is 0. The van der Waals surface area contributed by atoms with Gasteiger partial charge in [-0.25, -0.2) is 9.98 Å². The molecule has 0 saturated carbocycles. The fourth-order valence-electron chi connectivity index (χ4n) is 1.15. The topological polar surface area (TPSA) is 25.2 Å². The zero-order chi connectivity index (χ0) is 8.93. The van der Waals surface area contributed by atoms with E-state index in [2.05, 4.69) is 16.1 Å². The number of rotatable bonds is 1. The van der Waals surface area contributed by atoms with Crippen LogP contribution >= 0.6 is 0 Å². The van der Waals surface area contributed by atoms with Crippen molar-refractivity contribution >= 4 is 11.5 Å². The molecule has 0 spiro atoms. The largest absolute Gasteiger partial charge is 0.237 e. The molecule has 0 atom stereocenters. The van der Waals surface area contributed by atoms with Crippen LogP contribution in [0.3, 0.4) is 0 Å². The van der Waals surface area contributed by atoms with E-state index in [1.54, 1.807) is 6.20 Å². The molecule has 0 fully saturated rings. The van der Waals surface area contributed by atoms with Crippen LogP contribution in [0, 0.1) is 0 Å². The van der Waals surface area contributed by atoms with E-state index in [0.717, 1.165) is 18.0 Å². The van der Waals surface area contributed by atoms with Crippen molar-refractivity contribution in [1.29, 1.82) is 0 Å². The van der Waals surface area contributed by atoms with Crippen LogP contribution in [-0.2, 0) is 0 Å². The van der Waals surface area contributed by atoms with Crippen molar-refractivity contribution in [3.63, 3.8) is 0 Å². The second-order valence-electron chi connectivity index (χ2n) is 2.78. The van der Waals surface area contributed by atoms with Crippen LogP contribution in [0.5, 0.6) is 0 Å². The Hall–Kier alpha value is -1.70. The van der Waals surface area contributed by atoms with E-state index >= 15 is 0 Å². The van der Waals surface area contributed by atoms with Crippen molar-refractivity contribution in [2.75, 3.05) is 0 Å². The Morgan fingerprint density at radius 3 is 2.92 bits per heavy atom. The van der Waals surface area contributed by atoms with Gasteiger partial charge >= 0.3 is 0 Å². The molecule has 0 radical (unpaired) electrons. The van der Waals surface area contributed by atoms with Gasteiger partial charge in [0.05, 0.1) is 0 Å². The minimum Gasteiger partial charge on any atom is -0.237 e. The molecule has 0 aromatic carbocycles. The summed E-state index contributed by atoms with van der Waals surface area (Å²) in [5.41, 5.74) is 1.06. The maximum Gasteiger partial charge on any atom is 0.152 e. The van der Waals surface area contributed by atoms with Gasteiger partial charge in [-0.1, -0.05) is 24.3 Å². The standard InChI is InChI=1S/C11H10N2/c1-2-6-10(7-3-1)13-11-8-4-5-9-12-11/h1-6,8-9H,7H2/b13-10+. The van der Waals surface area contributed by atoms with E-state index in [1.165, 1.54) is 0 Å². The lowest BCUT2D eigenvalue weighted by molar-refractivity contribution is 1.26. The minimum absolute atomic E-state index is 0.775. The Morgan fingerprint density at radius 2 is 2.23 bits per heavy atom. The lowest BCUT2D eigenvalue weighted by Gasteiger charge is -1.99. The Bertz CT molecular complexity index is 361. The fourth-order valence-corrected chi connectivity index (χ4v) is 1.15. The Morgan fingerprint density at radius 1 is 1.23 bits per heavy atom. The molecule has 13 heavy (non-hydrogen) atoms. The number of nitrogens with zero attached hydrogens (tertiary/aromatic N) is 2. The van der Waals surface area contributed by atoms with Crippen LogP contribution in [-0.4, -0.2) is 10.7 Å². The van der Waals surface area contributed by atoms with Gasteiger partial charge in [-0.15, -0.1) is 0 Å². The molecule has 0 bridgehead atoms. The average Bonchev–Trinajstić information content (AvgIpc) is 2.21. The molecule has 0 saturated heterocycles. The molecule has 1 aromatic heterocycles. The predicted molar refractivity (Wildman–Crippen MR) is 54.2 cm³/mol. The minimum atomic E-state index is 0.775. The fraction of sp³-hybridized carbons (Fsp3) is 0.0909. The van der Waals surface area contributed by atoms with E-state index in [0.29, 0.717) is 0 Å². The van der Waals surface area contributed by atoms with Gasteiger partial charge in [-0.3, -0.25) is 0 Å². The first-order valence-electron chi connectivity index (χ1n) is 4.27. The van der Waals surface area contributed by atoms with Crippen LogP contribution < -0.4 is 0 Å². The Labute approximate surface area is 77.4 Å². The van der Waals surface area contributed by atoms with Gasteiger partial charge in [0.25, 0.3) is 0 Å².